The predicted octanol–water partition coefficient (Wildman–Crippen LogP) is 3.41. The molecule has 4 rings (SSSR count). The molecule has 3 heterocycles. The molecule has 1 atom stereocenters. The monoisotopic (exact) mass is 426 g/mol. The first-order chi connectivity index (χ1) is 13.0. The lowest BCUT2D eigenvalue weighted by molar-refractivity contribution is -0.376. The summed E-state index contributed by atoms with van der Waals surface area (Å²) >= 11 is 3.47. The van der Waals surface area contributed by atoms with E-state index in [4.69, 9.17) is 9.47 Å². The van der Waals surface area contributed by atoms with Gasteiger partial charge in [-0.1, -0.05) is 28.1 Å². The summed E-state index contributed by atoms with van der Waals surface area (Å²) in [6.07, 6.45) is 0. The number of halogens is 1. The van der Waals surface area contributed by atoms with Gasteiger partial charge in [0, 0.05) is 28.4 Å². The lowest BCUT2D eigenvalue weighted by Crippen LogP contribution is -2.44. The van der Waals surface area contributed by atoms with E-state index in [0.29, 0.717) is 28.5 Å². The zero-order chi connectivity index (χ0) is 19.2. The highest BCUT2D eigenvalue weighted by molar-refractivity contribution is 9.10. The molecule has 0 fully saturated rings. The molecule has 8 heteroatoms. The first-order valence-electron chi connectivity index (χ1n) is 8.23. The molecule has 1 aliphatic rings. The first kappa shape index (κ1) is 17.4. The van der Waals surface area contributed by atoms with E-state index in [2.05, 4.69) is 42.6 Å². The standard InChI is InChI=1S/C19H16BrN5O2/c1-19(10-4-6-11(20)7-5-10)24-16-15-12(8-14(22-16)26-2)13(9-21)18(27-3)23-17(15)25-19/h4-8H,1-3H3,(H,22,24)(H,23,25)/p+1/t19-/m0/s1. The van der Waals surface area contributed by atoms with E-state index in [1.165, 1.54) is 7.11 Å². The van der Waals surface area contributed by atoms with Crippen molar-refractivity contribution in [1.29, 1.82) is 5.26 Å². The second-order valence-electron chi connectivity index (χ2n) is 6.34. The summed E-state index contributed by atoms with van der Waals surface area (Å²) in [7, 11) is 3.08. The summed E-state index contributed by atoms with van der Waals surface area (Å²) in [4.78, 5) is 7.75. The molecule has 136 valence electrons. The van der Waals surface area contributed by atoms with Gasteiger partial charge < -0.3 is 14.8 Å². The van der Waals surface area contributed by atoms with E-state index in [9.17, 15) is 5.26 Å². The second-order valence-corrected chi connectivity index (χ2v) is 7.25. The maximum atomic E-state index is 9.63. The van der Waals surface area contributed by atoms with Crippen molar-refractivity contribution < 1.29 is 14.5 Å². The summed E-state index contributed by atoms with van der Waals surface area (Å²) in [5.41, 5.74) is 0.787. The Kier molecular flexibility index (Phi) is 4.04. The zero-order valence-electron chi connectivity index (χ0n) is 15.0. The van der Waals surface area contributed by atoms with E-state index >= 15 is 0 Å². The van der Waals surface area contributed by atoms with Gasteiger partial charge >= 0.3 is 5.88 Å². The van der Waals surface area contributed by atoms with Crippen LogP contribution < -0.4 is 25.1 Å². The molecule has 3 aromatic rings. The van der Waals surface area contributed by atoms with Gasteiger partial charge in [0.2, 0.25) is 11.5 Å². The fourth-order valence-corrected chi connectivity index (χ4v) is 3.60. The molecule has 0 radical (unpaired) electrons. The second kappa shape index (κ2) is 6.28. The van der Waals surface area contributed by atoms with E-state index in [1.54, 1.807) is 13.2 Å². The number of nitrogens with zero attached hydrogens (tertiary/aromatic N) is 2. The minimum Gasteiger partial charge on any atom is -0.481 e. The molecule has 0 bridgehead atoms. The molecule has 0 aliphatic carbocycles. The Hall–Kier alpha value is -3.05. The van der Waals surface area contributed by atoms with Crippen molar-refractivity contribution in [2.75, 3.05) is 24.9 Å². The fourth-order valence-electron chi connectivity index (χ4n) is 3.33. The average molecular weight is 427 g/mol. The highest BCUT2D eigenvalue weighted by Gasteiger charge is 2.40. The van der Waals surface area contributed by atoms with Gasteiger partial charge in [0.1, 0.15) is 22.8 Å². The van der Waals surface area contributed by atoms with Gasteiger partial charge in [-0.2, -0.15) is 10.2 Å². The summed E-state index contributed by atoms with van der Waals surface area (Å²) in [6.45, 7) is 2.02. The third-order valence-corrected chi connectivity index (χ3v) is 5.20. The van der Waals surface area contributed by atoms with Gasteiger partial charge in [-0.3, -0.25) is 0 Å². The van der Waals surface area contributed by atoms with Crippen LogP contribution in [0.4, 0.5) is 11.6 Å². The van der Waals surface area contributed by atoms with Crippen LogP contribution >= 0.6 is 15.9 Å². The lowest BCUT2D eigenvalue weighted by atomic mass is 9.97. The molecule has 1 aliphatic heterocycles. The Bertz CT molecular complexity index is 1080. The number of pyridine rings is 2. The van der Waals surface area contributed by atoms with Crippen molar-refractivity contribution in [1.82, 2.24) is 4.98 Å². The van der Waals surface area contributed by atoms with E-state index in [1.807, 2.05) is 31.2 Å². The quantitative estimate of drug-likeness (QED) is 0.666. The van der Waals surface area contributed by atoms with Gasteiger partial charge in [-0.15, -0.1) is 0 Å². The SMILES string of the molecule is COc1cc2c(C#N)c(OC)[nH+]c3c2c(n1)N[C@](C)(c1ccc(Br)cc1)N3. The van der Waals surface area contributed by atoms with Crippen LogP contribution in [0.5, 0.6) is 11.8 Å². The average Bonchev–Trinajstić information content (AvgIpc) is 2.67. The van der Waals surface area contributed by atoms with Crippen LogP contribution in [0, 0.1) is 11.3 Å². The van der Waals surface area contributed by atoms with E-state index in [-0.39, 0.29) is 0 Å². The molecule has 27 heavy (non-hydrogen) atoms. The maximum absolute atomic E-state index is 9.63. The Morgan fingerprint density at radius 3 is 2.56 bits per heavy atom. The maximum Gasteiger partial charge on any atom is 0.300 e. The molecule has 2 aromatic heterocycles. The van der Waals surface area contributed by atoms with E-state index < -0.39 is 5.66 Å². The normalized spacial score (nSPS) is 17.6. The van der Waals surface area contributed by atoms with Gasteiger partial charge in [0.15, 0.2) is 0 Å². The molecule has 0 unspecified atom stereocenters. The molecule has 1 aromatic carbocycles. The van der Waals surface area contributed by atoms with Crippen LogP contribution in [0.25, 0.3) is 10.8 Å². The number of anilines is 2. The Morgan fingerprint density at radius 1 is 1.19 bits per heavy atom. The van der Waals surface area contributed by atoms with Crippen LogP contribution in [0.15, 0.2) is 34.8 Å². The summed E-state index contributed by atoms with van der Waals surface area (Å²) < 4.78 is 11.8. The number of nitrogens with one attached hydrogen (secondary N) is 3. The lowest BCUT2D eigenvalue weighted by Gasteiger charge is -2.33. The fraction of sp³-hybridized carbons (Fsp3) is 0.211. The topological polar surface area (TPSA) is 93.3 Å². The van der Waals surface area contributed by atoms with Crippen LogP contribution in [0.2, 0.25) is 0 Å². The van der Waals surface area contributed by atoms with Crippen LogP contribution in [0.3, 0.4) is 0 Å². The summed E-state index contributed by atoms with van der Waals surface area (Å²) in [5.74, 6) is 2.14. The number of hydrogen-bond donors (Lipinski definition) is 2. The van der Waals surface area contributed by atoms with Crippen molar-refractivity contribution in [3.05, 3.63) is 45.9 Å². The molecule has 0 saturated carbocycles. The molecular formula is C19H17BrN5O2+. The number of benzene rings is 1. The number of nitriles is 1. The highest BCUT2D eigenvalue weighted by atomic mass is 79.9. The molecule has 3 N–H and O–H groups in total. The van der Waals surface area contributed by atoms with Gasteiger partial charge in [-0.05, 0) is 12.1 Å². The summed E-state index contributed by atoms with van der Waals surface area (Å²) in [6, 6.07) is 11.9. The van der Waals surface area contributed by atoms with Crippen molar-refractivity contribution in [2.45, 2.75) is 12.6 Å². The number of ether oxygens (including phenoxy) is 2. The number of methoxy groups -OCH3 is 2. The van der Waals surface area contributed by atoms with Crippen LogP contribution in [-0.2, 0) is 5.66 Å². The molecule has 0 spiro atoms. The van der Waals surface area contributed by atoms with Crippen molar-refractivity contribution in [2.24, 2.45) is 0 Å². The molecule has 7 nitrogen and oxygen atoms in total. The Balaban J connectivity index is 1.98. The largest absolute Gasteiger partial charge is 0.481 e. The highest BCUT2D eigenvalue weighted by Crippen LogP contribution is 2.42. The van der Waals surface area contributed by atoms with Crippen molar-refractivity contribution in [3.8, 4) is 17.8 Å². The predicted molar refractivity (Wildman–Crippen MR) is 105 cm³/mol. The first-order valence-corrected chi connectivity index (χ1v) is 9.03. The molecular weight excluding hydrogens is 410 g/mol. The number of rotatable bonds is 3. The minimum atomic E-state index is -0.629. The number of aromatic nitrogens is 2. The van der Waals surface area contributed by atoms with Crippen molar-refractivity contribution >= 4 is 38.3 Å². The number of hydrogen-bond acceptors (Lipinski definition) is 6. The van der Waals surface area contributed by atoms with Gasteiger partial charge in [-0.25, -0.2) is 10.3 Å². The molecule has 0 amide bonds. The Morgan fingerprint density at radius 2 is 1.93 bits per heavy atom. The van der Waals surface area contributed by atoms with Crippen LogP contribution in [0.1, 0.15) is 18.1 Å². The minimum absolute atomic E-state index is 0.381. The number of H-pyrrole nitrogens is 1. The van der Waals surface area contributed by atoms with Crippen molar-refractivity contribution in [3.63, 3.8) is 0 Å². The third-order valence-electron chi connectivity index (χ3n) is 4.67. The van der Waals surface area contributed by atoms with E-state index in [0.717, 1.165) is 21.2 Å². The van der Waals surface area contributed by atoms with Gasteiger partial charge in [0.25, 0.3) is 5.82 Å². The van der Waals surface area contributed by atoms with Crippen LogP contribution in [-0.4, -0.2) is 19.2 Å². The molecule has 0 saturated heterocycles. The Labute approximate surface area is 164 Å². The van der Waals surface area contributed by atoms with Gasteiger partial charge in [0.05, 0.1) is 14.2 Å². The zero-order valence-corrected chi connectivity index (χ0v) is 16.6. The number of aromatic amines is 1. The summed E-state index contributed by atoms with van der Waals surface area (Å²) in [5, 5.41) is 18.0. The smallest absolute Gasteiger partial charge is 0.300 e. The third kappa shape index (κ3) is 2.71.